The molecule has 1 fully saturated rings. The molecule has 3 heterocycles. The van der Waals surface area contributed by atoms with E-state index in [-0.39, 0.29) is 18.3 Å². The van der Waals surface area contributed by atoms with E-state index < -0.39 is 17.8 Å². The predicted molar refractivity (Wildman–Crippen MR) is 159 cm³/mol. The summed E-state index contributed by atoms with van der Waals surface area (Å²) in [6, 6.07) is 10.7. The normalized spacial score (nSPS) is 15.4. The lowest BCUT2D eigenvalue weighted by molar-refractivity contribution is -0.182. The third-order valence-corrected chi connectivity index (χ3v) is 8.07. The molecule has 6 rings (SSSR count). The SMILES string of the molecule is Cn1ncc2c(C(Nc3cc(Cl)c4ncc(C#N)c(NCC(C)(C)C)c4c3)c3cn(C4(C(F)(F)F)CC4)nn3)cccc21. The van der Waals surface area contributed by atoms with E-state index in [1.807, 2.05) is 31.3 Å². The fraction of sp³-hybridized carbons (Fsp3) is 0.367. The molecule has 0 amide bonds. The maximum atomic E-state index is 13.9. The number of halogens is 4. The standard InChI is InChI=1S/C30H29ClF3N9/c1-28(2,3)16-37-25-17(12-35)13-36-26-20(25)10-18(11-22(26)31)39-27(19-6-5-7-24-21(19)14-38-42(24)4)23-15-43(41-40-23)29(8-9-29)30(32,33)34/h5-7,10-11,13-15,27,39H,8-9,16H2,1-4H3,(H,36,37). The molecule has 0 bridgehead atoms. The van der Waals surface area contributed by atoms with Crippen LogP contribution in [-0.4, -0.2) is 42.5 Å². The van der Waals surface area contributed by atoms with E-state index in [4.69, 9.17) is 11.6 Å². The second-order valence-electron chi connectivity index (χ2n) is 12.2. The number of nitrogens with zero attached hydrogens (tertiary/aromatic N) is 7. The van der Waals surface area contributed by atoms with Gasteiger partial charge in [-0.25, -0.2) is 4.68 Å². The molecule has 0 spiro atoms. The summed E-state index contributed by atoms with van der Waals surface area (Å²) >= 11 is 6.73. The van der Waals surface area contributed by atoms with Gasteiger partial charge in [-0.05, 0) is 42.0 Å². The second kappa shape index (κ2) is 10.1. The van der Waals surface area contributed by atoms with Crippen LogP contribution in [0.1, 0.15) is 56.5 Å². The Kier molecular flexibility index (Phi) is 6.76. The number of pyridine rings is 1. The van der Waals surface area contributed by atoms with Crippen molar-refractivity contribution < 1.29 is 13.2 Å². The number of rotatable bonds is 7. The molecule has 1 aliphatic carbocycles. The van der Waals surface area contributed by atoms with Crippen molar-refractivity contribution in [2.24, 2.45) is 12.5 Å². The first-order valence-corrected chi connectivity index (χ1v) is 14.1. The first kappa shape index (κ1) is 28.7. The first-order chi connectivity index (χ1) is 20.3. The number of hydrogen-bond acceptors (Lipinski definition) is 7. The van der Waals surface area contributed by atoms with Crippen LogP contribution < -0.4 is 10.6 Å². The topological polar surface area (TPSA) is 109 Å². The lowest BCUT2D eigenvalue weighted by Crippen LogP contribution is -2.35. The Labute approximate surface area is 250 Å². The van der Waals surface area contributed by atoms with Crippen molar-refractivity contribution in [1.29, 1.82) is 5.26 Å². The summed E-state index contributed by atoms with van der Waals surface area (Å²) in [6.45, 7) is 6.83. The largest absolute Gasteiger partial charge is 0.413 e. The molecule has 9 nitrogen and oxygen atoms in total. The Bertz CT molecular complexity index is 1890. The molecule has 3 aromatic heterocycles. The van der Waals surface area contributed by atoms with Crippen LogP contribution >= 0.6 is 11.6 Å². The number of hydrogen-bond donors (Lipinski definition) is 2. The molecule has 5 aromatic rings. The summed E-state index contributed by atoms with van der Waals surface area (Å²) in [6.07, 6.45) is 0.0281. The van der Waals surface area contributed by atoms with E-state index >= 15 is 0 Å². The fourth-order valence-electron chi connectivity index (χ4n) is 5.28. The zero-order chi connectivity index (χ0) is 30.7. The van der Waals surface area contributed by atoms with Gasteiger partial charge in [-0.1, -0.05) is 49.7 Å². The van der Waals surface area contributed by atoms with Gasteiger partial charge in [0.05, 0.1) is 45.7 Å². The number of aromatic nitrogens is 6. The number of fused-ring (bicyclic) bond motifs is 2. The third-order valence-electron chi connectivity index (χ3n) is 7.78. The van der Waals surface area contributed by atoms with Crippen LogP contribution in [0.5, 0.6) is 0 Å². The van der Waals surface area contributed by atoms with Crippen molar-refractivity contribution in [3.8, 4) is 6.07 Å². The number of alkyl halides is 3. The fourth-order valence-corrected chi connectivity index (χ4v) is 5.55. The summed E-state index contributed by atoms with van der Waals surface area (Å²) in [4.78, 5) is 4.43. The van der Waals surface area contributed by atoms with Gasteiger partial charge in [0.15, 0.2) is 5.54 Å². The number of nitriles is 1. The minimum atomic E-state index is -4.45. The van der Waals surface area contributed by atoms with Gasteiger partial charge < -0.3 is 10.6 Å². The number of aryl methyl sites for hydroxylation is 1. The van der Waals surface area contributed by atoms with Crippen LogP contribution in [-0.2, 0) is 12.6 Å². The number of nitrogens with one attached hydrogen (secondary N) is 2. The second-order valence-corrected chi connectivity index (χ2v) is 12.6. The molecule has 1 saturated carbocycles. The molecule has 0 radical (unpaired) electrons. The average molecular weight is 608 g/mol. The van der Waals surface area contributed by atoms with Crippen molar-refractivity contribution in [3.05, 3.63) is 70.8 Å². The van der Waals surface area contributed by atoms with Gasteiger partial charge in [0.25, 0.3) is 0 Å². The monoisotopic (exact) mass is 607 g/mol. The van der Waals surface area contributed by atoms with Gasteiger partial charge in [-0.2, -0.15) is 23.5 Å². The van der Waals surface area contributed by atoms with Crippen molar-refractivity contribution in [3.63, 3.8) is 0 Å². The summed E-state index contributed by atoms with van der Waals surface area (Å²) in [5.41, 5.74) is 1.83. The minimum absolute atomic E-state index is 0.0472. The molecular weight excluding hydrogens is 579 g/mol. The summed E-state index contributed by atoms with van der Waals surface area (Å²) in [5.74, 6) is 0. The third kappa shape index (κ3) is 5.12. The maximum absolute atomic E-state index is 13.9. The highest BCUT2D eigenvalue weighted by Gasteiger charge is 2.66. The predicted octanol–water partition coefficient (Wildman–Crippen LogP) is 6.95. The molecule has 1 unspecified atom stereocenters. The molecule has 0 saturated heterocycles. The summed E-state index contributed by atoms with van der Waals surface area (Å²) in [7, 11) is 1.82. The van der Waals surface area contributed by atoms with Crippen LogP contribution in [0.2, 0.25) is 5.02 Å². The molecule has 2 N–H and O–H groups in total. The van der Waals surface area contributed by atoms with Crippen LogP contribution in [0.25, 0.3) is 21.8 Å². The molecule has 43 heavy (non-hydrogen) atoms. The van der Waals surface area contributed by atoms with Crippen LogP contribution in [0, 0.1) is 16.7 Å². The highest BCUT2D eigenvalue weighted by atomic mass is 35.5. The van der Waals surface area contributed by atoms with E-state index in [2.05, 4.69) is 57.9 Å². The molecule has 2 aromatic carbocycles. The summed E-state index contributed by atoms with van der Waals surface area (Å²) in [5, 5.41) is 31.0. The zero-order valence-corrected chi connectivity index (χ0v) is 24.7. The number of benzene rings is 2. The first-order valence-electron chi connectivity index (χ1n) is 13.7. The molecule has 222 valence electrons. The summed E-state index contributed by atoms with van der Waals surface area (Å²) < 4.78 is 44.5. The molecule has 0 aliphatic heterocycles. The lowest BCUT2D eigenvalue weighted by atomic mass is 9.96. The molecular formula is C30H29ClF3N9. The van der Waals surface area contributed by atoms with Gasteiger partial charge >= 0.3 is 6.18 Å². The Morgan fingerprint density at radius 1 is 1.14 bits per heavy atom. The number of anilines is 2. The van der Waals surface area contributed by atoms with Gasteiger partial charge in [-0.15, -0.1) is 5.10 Å². The average Bonchev–Trinajstić information content (AvgIpc) is 3.49. The van der Waals surface area contributed by atoms with E-state index in [0.29, 0.717) is 45.1 Å². The van der Waals surface area contributed by atoms with E-state index in [1.54, 1.807) is 16.9 Å². The van der Waals surface area contributed by atoms with Gasteiger partial charge in [0.1, 0.15) is 11.8 Å². The maximum Gasteiger partial charge on any atom is 0.413 e. The van der Waals surface area contributed by atoms with Crippen molar-refractivity contribution in [2.75, 3.05) is 17.2 Å². The molecule has 13 heteroatoms. The van der Waals surface area contributed by atoms with Gasteiger partial charge in [-0.3, -0.25) is 9.67 Å². The Balaban J connectivity index is 1.48. The van der Waals surface area contributed by atoms with E-state index in [9.17, 15) is 18.4 Å². The van der Waals surface area contributed by atoms with Crippen LogP contribution in [0.3, 0.4) is 0 Å². The quantitative estimate of drug-likeness (QED) is 0.206. The van der Waals surface area contributed by atoms with Crippen LogP contribution in [0.15, 0.2) is 48.9 Å². The Hall–Kier alpha value is -4.37. The Morgan fingerprint density at radius 3 is 2.58 bits per heavy atom. The van der Waals surface area contributed by atoms with Gasteiger partial charge in [0.2, 0.25) is 0 Å². The van der Waals surface area contributed by atoms with Crippen LogP contribution in [0.4, 0.5) is 24.5 Å². The van der Waals surface area contributed by atoms with E-state index in [1.165, 1.54) is 12.4 Å². The lowest BCUT2D eigenvalue weighted by Gasteiger charge is -2.23. The molecule has 1 atom stereocenters. The minimum Gasteiger partial charge on any atom is -0.383 e. The van der Waals surface area contributed by atoms with Crippen molar-refractivity contribution >= 4 is 44.8 Å². The highest BCUT2D eigenvalue weighted by molar-refractivity contribution is 6.35. The van der Waals surface area contributed by atoms with E-state index in [0.717, 1.165) is 21.1 Å². The highest BCUT2D eigenvalue weighted by Crippen LogP contribution is 2.55. The molecule has 1 aliphatic rings. The van der Waals surface area contributed by atoms with Gasteiger partial charge in [0, 0.05) is 36.2 Å². The smallest absolute Gasteiger partial charge is 0.383 e. The Morgan fingerprint density at radius 2 is 1.91 bits per heavy atom. The van der Waals surface area contributed by atoms with Crippen molar-refractivity contribution in [1.82, 2.24) is 29.8 Å². The van der Waals surface area contributed by atoms with Crippen molar-refractivity contribution in [2.45, 2.75) is 51.4 Å². The zero-order valence-electron chi connectivity index (χ0n) is 24.0.